The average Bonchev–Trinajstić information content (AvgIpc) is 2.80. The van der Waals surface area contributed by atoms with E-state index in [9.17, 15) is 17.6 Å². The van der Waals surface area contributed by atoms with Crippen LogP contribution in [0.25, 0.3) is 0 Å². The van der Waals surface area contributed by atoms with Gasteiger partial charge in [-0.1, -0.05) is 41.9 Å². The zero-order valence-corrected chi connectivity index (χ0v) is 18.2. The van der Waals surface area contributed by atoms with Crippen molar-refractivity contribution >= 4 is 18.4 Å². The molecule has 0 aliphatic rings. The molecule has 0 amide bonds. The Balaban J connectivity index is 0.00000121. The zero-order chi connectivity index (χ0) is 24.4. The first-order valence-corrected chi connectivity index (χ1v) is 9.64. The second kappa shape index (κ2) is 12.1. The van der Waals surface area contributed by atoms with Gasteiger partial charge >= 0.3 is 6.18 Å². The lowest BCUT2D eigenvalue weighted by molar-refractivity contribution is -0.137. The number of aromatic nitrogens is 1. The first-order chi connectivity index (χ1) is 15.2. The van der Waals surface area contributed by atoms with Crippen LogP contribution in [0.2, 0.25) is 5.02 Å². The first kappa shape index (κ1) is 27.0. The fourth-order valence-corrected chi connectivity index (χ4v) is 3.34. The Kier molecular flexibility index (Phi) is 10.2. The van der Waals surface area contributed by atoms with E-state index in [4.69, 9.17) is 16.4 Å². The summed E-state index contributed by atoms with van der Waals surface area (Å²) in [5, 5.41) is 3.47. The third-order valence-electron chi connectivity index (χ3n) is 4.62. The summed E-state index contributed by atoms with van der Waals surface area (Å²) < 4.78 is 54.1. The summed E-state index contributed by atoms with van der Waals surface area (Å²) in [6, 6.07) is 15.0. The molecule has 0 fully saturated rings. The van der Waals surface area contributed by atoms with Crippen molar-refractivity contribution in [3.05, 3.63) is 113 Å². The maximum Gasteiger partial charge on any atom is 0.416 e. The number of alkyl halides is 3. The Morgan fingerprint density at radius 2 is 1.56 bits per heavy atom. The molecule has 0 aliphatic heterocycles. The van der Waals surface area contributed by atoms with Crippen molar-refractivity contribution in [2.45, 2.75) is 18.1 Å². The van der Waals surface area contributed by atoms with Gasteiger partial charge in [0.15, 0.2) is 0 Å². The molecule has 0 bridgehead atoms. The van der Waals surface area contributed by atoms with Crippen LogP contribution >= 0.6 is 11.6 Å². The van der Waals surface area contributed by atoms with Crippen molar-refractivity contribution < 1.29 is 22.4 Å². The van der Waals surface area contributed by atoms with Gasteiger partial charge in [0.1, 0.15) is 12.6 Å². The molecule has 1 N–H and O–H groups in total. The van der Waals surface area contributed by atoms with Crippen molar-refractivity contribution in [1.82, 2.24) is 10.3 Å². The van der Waals surface area contributed by atoms with Crippen LogP contribution in [0.4, 0.5) is 17.6 Å². The Labute approximate surface area is 189 Å². The molecule has 0 saturated carbocycles. The van der Waals surface area contributed by atoms with Gasteiger partial charge in [-0.05, 0) is 48.5 Å². The van der Waals surface area contributed by atoms with E-state index >= 15 is 0 Å². The molecule has 1 heterocycles. The summed E-state index contributed by atoms with van der Waals surface area (Å²) in [6.45, 7) is 8.00. The fraction of sp³-hybridized carbons (Fsp3) is 0.167. The lowest BCUT2D eigenvalue weighted by atomic mass is 9.80. The molecule has 0 radical (unpaired) electrons. The van der Waals surface area contributed by atoms with E-state index in [1.54, 1.807) is 19.2 Å². The molecule has 3 aromatic rings. The highest BCUT2D eigenvalue weighted by Crippen LogP contribution is 2.37. The number of nitrogens with one attached hydrogen (secondary N) is 1. The lowest BCUT2D eigenvalue weighted by Gasteiger charge is -2.34. The first-order valence-electron chi connectivity index (χ1n) is 9.26. The van der Waals surface area contributed by atoms with Crippen LogP contribution in [0.3, 0.4) is 0 Å². The summed E-state index contributed by atoms with van der Waals surface area (Å²) in [5.41, 5.74) is -0.827. The average molecular weight is 467 g/mol. The summed E-state index contributed by atoms with van der Waals surface area (Å²) in [4.78, 5) is 12.3. The largest absolute Gasteiger partial charge is 0.416 e. The van der Waals surface area contributed by atoms with Crippen molar-refractivity contribution in [3.8, 4) is 0 Å². The topological polar surface area (TPSA) is 42.0 Å². The van der Waals surface area contributed by atoms with Crippen molar-refractivity contribution in [2.24, 2.45) is 0 Å². The number of pyridine rings is 1. The second-order valence-electron chi connectivity index (χ2n) is 6.41. The number of hydrogen-bond acceptors (Lipinski definition) is 3. The number of carbonyl (C=O) groups excluding carboxylic acids is 1. The van der Waals surface area contributed by atoms with Gasteiger partial charge in [-0.25, -0.2) is 4.39 Å². The van der Waals surface area contributed by atoms with E-state index in [1.807, 2.05) is 37.1 Å². The van der Waals surface area contributed by atoms with E-state index in [0.29, 0.717) is 16.8 Å². The van der Waals surface area contributed by atoms with Gasteiger partial charge in [0.25, 0.3) is 0 Å². The minimum Gasteiger partial charge on any atom is -0.307 e. The van der Waals surface area contributed by atoms with Crippen LogP contribution in [-0.4, -0.2) is 18.8 Å². The number of benzene rings is 2. The highest BCUT2D eigenvalue weighted by Gasteiger charge is 2.38. The standard InChI is InChI=1S/C21H17ClF4N2.C2H4.CH2O/c1-27-20(12-14-5-3-2-4-6-14,19-8-7-17(22)13-28-19)15-9-16(21(24,25)26)11-18(23)10-15;2*1-2/h2-11,13,27H,12H2,1H3;1-2H2;1H2/t20-;;/m1../s1. The molecule has 8 heteroatoms. The molecule has 3 rings (SSSR count). The minimum atomic E-state index is -4.67. The summed E-state index contributed by atoms with van der Waals surface area (Å²) in [7, 11) is 1.61. The van der Waals surface area contributed by atoms with Crippen LogP contribution in [0, 0.1) is 5.82 Å². The zero-order valence-electron chi connectivity index (χ0n) is 17.4. The minimum absolute atomic E-state index is 0.126. The molecule has 0 aliphatic carbocycles. The fourth-order valence-electron chi connectivity index (χ4n) is 3.23. The van der Waals surface area contributed by atoms with Crippen molar-refractivity contribution in [2.75, 3.05) is 7.05 Å². The predicted octanol–water partition coefficient (Wildman–Crippen LogP) is 6.22. The van der Waals surface area contributed by atoms with Gasteiger partial charge in [0.05, 0.1) is 21.8 Å². The van der Waals surface area contributed by atoms with Gasteiger partial charge < -0.3 is 10.1 Å². The molecule has 0 spiro atoms. The number of nitrogens with zero attached hydrogens (tertiary/aromatic N) is 1. The summed E-state index contributed by atoms with van der Waals surface area (Å²) in [5.74, 6) is -0.966. The van der Waals surface area contributed by atoms with Gasteiger partial charge in [-0.2, -0.15) is 13.2 Å². The summed E-state index contributed by atoms with van der Waals surface area (Å²) >= 11 is 5.93. The van der Waals surface area contributed by atoms with Gasteiger partial charge in [-0.3, -0.25) is 4.98 Å². The molecule has 170 valence electrons. The molecule has 0 saturated heterocycles. The van der Waals surface area contributed by atoms with Crippen LogP contribution in [0.15, 0.2) is 80.0 Å². The molecule has 0 unspecified atom stereocenters. The monoisotopic (exact) mass is 466 g/mol. The molecule has 2 aromatic carbocycles. The van der Waals surface area contributed by atoms with Crippen LogP contribution in [0.5, 0.6) is 0 Å². The number of hydrogen-bond donors (Lipinski definition) is 1. The van der Waals surface area contributed by atoms with Crippen molar-refractivity contribution in [1.29, 1.82) is 0 Å². The number of halogens is 5. The number of likely N-dealkylation sites (N-methyl/N-ethyl adjacent to an activating group) is 1. The van der Waals surface area contributed by atoms with E-state index in [1.165, 1.54) is 6.20 Å². The van der Waals surface area contributed by atoms with Gasteiger partial charge in [0.2, 0.25) is 0 Å². The molecular formula is C24H23ClF4N2O. The van der Waals surface area contributed by atoms with Crippen LogP contribution in [0.1, 0.15) is 22.4 Å². The van der Waals surface area contributed by atoms with Gasteiger partial charge in [-0.15, -0.1) is 13.2 Å². The molecule has 3 nitrogen and oxygen atoms in total. The smallest absolute Gasteiger partial charge is 0.307 e. The van der Waals surface area contributed by atoms with E-state index in [-0.39, 0.29) is 12.0 Å². The SMILES string of the molecule is C=C.C=O.CN[C@](Cc1ccccc1)(c1cc(F)cc(C(F)(F)F)c1)c1ccc(Cl)cn1. The molecular weight excluding hydrogens is 444 g/mol. The lowest BCUT2D eigenvalue weighted by Crippen LogP contribution is -2.44. The van der Waals surface area contributed by atoms with Crippen LogP contribution in [-0.2, 0) is 22.9 Å². The summed E-state index contributed by atoms with van der Waals surface area (Å²) in [6.07, 6.45) is -2.99. The highest BCUT2D eigenvalue weighted by atomic mass is 35.5. The van der Waals surface area contributed by atoms with E-state index in [2.05, 4.69) is 23.5 Å². The van der Waals surface area contributed by atoms with E-state index in [0.717, 1.165) is 17.7 Å². The number of rotatable bonds is 5. The van der Waals surface area contributed by atoms with Crippen molar-refractivity contribution in [3.63, 3.8) is 0 Å². The van der Waals surface area contributed by atoms with Gasteiger partial charge in [0, 0.05) is 12.6 Å². The third-order valence-corrected chi connectivity index (χ3v) is 4.85. The molecule has 1 atom stereocenters. The Morgan fingerprint density at radius 1 is 0.969 bits per heavy atom. The Hall–Kier alpha value is -3.03. The Bertz CT molecular complexity index is 980. The normalized spacial score (nSPS) is 12.4. The maximum atomic E-state index is 14.2. The molecule has 1 aromatic heterocycles. The van der Waals surface area contributed by atoms with E-state index < -0.39 is 23.1 Å². The number of carbonyl (C=O) groups is 1. The Morgan fingerprint density at radius 3 is 2.06 bits per heavy atom. The second-order valence-corrected chi connectivity index (χ2v) is 6.84. The van der Waals surface area contributed by atoms with Crippen LogP contribution < -0.4 is 5.32 Å². The molecule has 32 heavy (non-hydrogen) atoms. The predicted molar refractivity (Wildman–Crippen MR) is 119 cm³/mol. The quantitative estimate of drug-likeness (QED) is 0.359. The third kappa shape index (κ3) is 6.48. The maximum absolute atomic E-state index is 14.2. The highest BCUT2D eigenvalue weighted by molar-refractivity contribution is 6.30.